The maximum absolute atomic E-state index is 11.8. The number of rotatable bonds is 6. The second-order valence-corrected chi connectivity index (χ2v) is 5.33. The molecule has 0 aliphatic heterocycles. The topological polar surface area (TPSA) is 72.8 Å². The molecule has 0 spiro atoms. The highest BCUT2D eigenvalue weighted by Gasteiger charge is 2.08. The van der Waals surface area contributed by atoms with Crippen LogP contribution in [0.25, 0.3) is 12.2 Å². The van der Waals surface area contributed by atoms with Crippen molar-refractivity contribution in [3.63, 3.8) is 0 Å². The summed E-state index contributed by atoms with van der Waals surface area (Å²) >= 11 is 1.51. The zero-order valence-corrected chi connectivity index (χ0v) is 13.1. The minimum atomic E-state index is -1.04. The molecule has 0 radical (unpaired) electrons. The number of thiophene rings is 1. The number of hydrogen-bond acceptors (Lipinski definition) is 5. The summed E-state index contributed by atoms with van der Waals surface area (Å²) in [6.07, 6.45) is 5.45. The molecule has 0 fully saturated rings. The summed E-state index contributed by atoms with van der Waals surface area (Å²) in [6, 6.07) is 8.55. The Balaban J connectivity index is 2.09. The van der Waals surface area contributed by atoms with Crippen LogP contribution in [0.4, 0.5) is 0 Å². The fourth-order valence-corrected chi connectivity index (χ4v) is 2.34. The summed E-state index contributed by atoms with van der Waals surface area (Å²) in [5.74, 6) is -0.958. The maximum Gasteiger partial charge on any atom is 0.336 e. The van der Waals surface area contributed by atoms with Crippen LogP contribution in [0.15, 0.2) is 47.9 Å². The summed E-state index contributed by atoms with van der Waals surface area (Å²) in [5, 5.41) is 10.5. The fraction of sp³-hybridized carbons (Fsp3) is 0.0588. The van der Waals surface area contributed by atoms with Gasteiger partial charge in [0, 0.05) is 17.0 Å². The normalized spacial score (nSPS) is 11.0. The lowest BCUT2D eigenvalue weighted by Gasteiger charge is -2.08. The van der Waals surface area contributed by atoms with Gasteiger partial charge in [-0.1, -0.05) is 12.1 Å². The lowest BCUT2D eigenvalue weighted by Crippen LogP contribution is -2.05. The summed E-state index contributed by atoms with van der Waals surface area (Å²) in [7, 11) is 1.44. The van der Waals surface area contributed by atoms with Crippen LogP contribution >= 0.6 is 11.3 Å². The summed E-state index contributed by atoms with van der Waals surface area (Å²) in [6.45, 7) is 0. The van der Waals surface area contributed by atoms with E-state index < -0.39 is 11.9 Å². The van der Waals surface area contributed by atoms with Gasteiger partial charge in [-0.15, -0.1) is 11.3 Å². The van der Waals surface area contributed by atoms with Crippen molar-refractivity contribution >= 4 is 35.4 Å². The van der Waals surface area contributed by atoms with Crippen molar-refractivity contribution in [2.24, 2.45) is 0 Å². The number of carbonyl (C=O) groups excluding carboxylic acids is 1. The number of carboxylic acids is 1. The predicted molar refractivity (Wildman–Crippen MR) is 88.7 cm³/mol. The standard InChI is InChI=1S/C17H14O5S/c1-21-15-11-12(5-8-16(18)19)4-7-14(15)22-17(20)9-6-13-3-2-10-23-13/h2-11H,1H3,(H,18,19)/b8-5+,9-6+. The highest BCUT2D eigenvalue weighted by molar-refractivity contribution is 7.10. The van der Waals surface area contributed by atoms with Crippen LogP contribution in [0.3, 0.4) is 0 Å². The molecule has 1 aromatic heterocycles. The highest BCUT2D eigenvalue weighted by Crippen LogP contribution is 2.28. The van der Waals surface area contributed by atoms with E-state index in [4.69, 9.17) is 14.6 Å². The van der Waals surface area contributed by atoms with Crippen molar-refractivity contribution in [1.29, 1.82) is 0 Å². The number of carboxylic acid groups (broad SMARTS) is 1. The third-order valence-electron chi connectivity index (χ3n) is 2.74. The Hall–Kier alpha value is -2.86. The van der Waals surface area contributed by atoms with Crippen LogP contribution in [0.5, 0.6) is 11.5 Å². The zero-order valence-electron chi connectivity index (χ0n) is 12.3. The second kappa shape index (κ2) is 7.95. The van der Waals surface area contributed by atoms with Crippen molar-refractivity contribution in [2.75, 3.05) is 7.11 Å². The molecule has 0 saturated carbocycles. The third kappa shape index (κ3) is 5.12. The molecule has 1 N–H and O–H groups in total. The van der Waals surface area contributed by atoms with Crippen LogP contribution in [0.2, 0.25) is 0 Å². The molecule has 118 valence electrons. The van der Waals surface area contributed by atoms with Crippen LogP contribution in [-0.4, -0.2) is 24.2 Å². The van der Waals surface area contributed by atoms with E-state index in [0.29, 0.717) is 11.3 Å². The molecule has 6 heteroatoms. The van der Waals surface area contributed by atoms with Crippen molar-refractivity contribution in [1.82, 2.24) is 0 Å². The minimum Gasteiger partial charge on any atom is -0.493 e. The molecule has 0 aliphatic rings. The van der Waals surface area contributed by atoms with E-state index in [2.05, 4.69) is 0 Å². The molecule has 0 atom stereocenters. The number of aliphatic carboxylic acids is 1. The fourth-order valence-electron chi connectivity index (χ4n) is 1.72. The SMILES string of the molecule is COc1cc(/C=C/C(=O)O)ccc1OC(=O)/C=C/c1cccs1. The first-order valence-electron chi connectivity index (χ1n) is 6.61. The molecule has 5 nitrogen and oxygen atoms in total. The van der Waals surface area contributed by atoms with Gasteiger partial charge in [-0.3, -0.25) is 0 Å². The largest absolute Gasteiger partial charge is 0.493 e. The first-order valence-corrected chi connectivity index (χ1v) is 7.49. The Morgan fingerprint density at radius 1 is 1.13 bits per heavy atom. The molecule has 0 saturated heterocycles. The van der Waals surface area contributed by atoms with Crippen LogP contribution in [0.1, 0.15) is 10.4 Å². The van der Waals surface area contributed by atoms with Crippen LogP contribution in [-0.2, 0) is 9.59 Å². The first kappa shape index (κ1) is 16.5. The number of carbonyl (C=O) groups is 2. The van der Waals surface area contributed by atoms with Gasteiger partial charge in [0.2, 0.25) is 0 Å². The molecule has 23 heavy (non-hydrogen) atoms. The van der Waals surface area contributed by atoms with E-state index in [1.54, 1.807) is 24.3 Å². The molecule has 1 aromatic carbocycles. The lowest BCUT2D eigenvalue weighted by molar-refractivity contribution is -0.131. The third-order valence-corrected chi connectivity index (χ3v) is 3.58. The highest BCUT2D eigenvalue weighted by atomic mass is 32.1. The summed E-state index contributed by atoms with van der Waals surface area (Å²) in [4.78, 5) is 23.3. The van der Waals surface area contributed by atoms with E-state index in [9.17, 15) is 9.59 Å². The number of benzene rings is 1. The van der Waals surface area contributed by atoms with Gasteiger partial charge >= 0.3 is 11.9 Å². The van der Waals surface area contributed by atoms with E-state index in [0.717, 1.165) is 11.0 Å². The van der Waals surface area contributed by atoms with E-state index in [1.807, 2.05) is 17.5 Å². The second-order valence-electron chi connectivity index (χ2n) is 4.35. The number of hydrogen-bond donors (Lipinski definition) is 1. The monoisotopic (exact) mass is 330 g/mol. The van der Waals surface area contributed by atoms with Crippen molar-refractivity contribution in [3.8, 4) is 11.5 Å². The molecular formula is C17H14O5S. The maximum atomic E-state index is 11.8. The van der Waals surface area contributed by atoms with Gasteiger partial charge in [0.25, 0.3) is 0 Å². The van der Waals surface area contributed by atoms with Gasteiger partial charge in [-0.2, -0.15) is 0 Å². The van der Waals surface area contributed by atoms with Gasteiger partial charge in [-0.05, 0) is 41.3 Å². The quantitative estimate of drug-likeness (QED) is 0.499. The number of ether oxygens (including phenoxy) is 2. The van der Waals surface area contributed by atoms with E-state index in [-0.39, 0.29) is 5.75 Å². The van der Waals surface area contributed by atoms with Crippen LogP contribution < -0.4 is 9.47 Å². The molecule has 2 aromatic rings. The van der Waals surface area contributed by atoms with Crippen molar-refractivity contribution in [2.45, 2.75) is 0 Å². The Morgan fingerprint density at radius 2 is 1.96 bits per heavy atom. The number of esters is 1. The average molecular weight is 330 g/mol. The number of methoxy groups -OCH3 is 1. The Bertz CT molecular complexity index is 744. The summed E-state index contributed by atoms with van der Waals surface area (Å²) in [5.41, 5.74) is 0.623. The molecule has 0 aliphatic carbocycles. The summed E-state index contributed by atoms with van der Waals surface area (Å²) < 4.78 is 10.4. The predicted octanol–water partition coefficient (Wildman–Crippen LogP) is 3.47. The van der Waals surface area contributed by atoms with Gasteiger partial charge in [-0.25, -0.2) is 9.59 Å². The molecule has 0 bridgehead atoms. The molecule has 1 heterocycles. The Morgan fingerprint density at radius 3 is 2.61 bits per heavy atom. The van der Waals surface area contributed by atoms with E-state index >= 15 is 0 Å². The van der Waals surface area contributed by atoms with Gasteiger partial charge in [0.05, 0.1) is 7.11 Å². The Kier molecular flexibility index (Phi) is 5.71. The van der Waals surface area contributed by atoms with Crippen molar-refractivity contribution in [3.05, 3.63) is 58.3 Å². The van der Waals surface area contributed by atoms with Crippen LogP contribution in [0, 0.1) is 0 Å². The molecule has 0 unspecified atom stereocenters. The molecular weight excluding hydrogens is 316 g/mol. The lowest BCUT2D eigenvalue weighted by atomic mass is 10.2. The smallest absolute Gasteiger partial charge is 0.336 e. The zero-order chi connectivity index (χ0) is 16.7. The average Bonchev–Trinajstić information content (AvgIpc) is 3.05. The van der Waals surface area contributed by atoms with Gasteiger partial charge in [0.1, 0.15) is 0 Å². The Labute approximate surface area is 137 Å². The van der Waals surface area contributed by atoms with E-state index in [1.165, 1.54) is 30.6 Å². The molecule has 0 amide bonds. The molecule has 2 rings (SSSR count). The minimum absolute atomic E-state index is 0.265. The van der Waals surface area contributed by atoms with Gasteiger partial charge in [0.15, 0.2) is 11.5 Å². The van der Waals surface area contributed by atoms with Crippen molar-refractivity contribution < 1.29 is 24.2 Å². The first-order chi connectivity index (χ1) is 11.1. The van der Waals surface area contributed by atoms with Gasteiger partial charge < -0.3 is 14.6 Å².